The minimum atomic E-state index is -5.00. The molecule has 0 bridgehead atoms. The van der Waals surface area contributed by atoms with Crippen LogP contribution in [0.5, 0.6) is 0 Å². The van der Waals surface area contributed by atoms with Gasteiger partial charge in [-0.15, -0.1) is 5.92 Å². The Labute approximate surface area is 239 Å². The lowest BCUT2D eigenvalue weighted by atomic mass is 10.1. The molecule has 1 amide bonds. The molecule has 1 saturated heterocycles. The van der Waals surface area contributed by atoms with Crippen LogP contribution in [0.15, 0.2) is 43.8 Å². The Kier molecular flexibility index (Phi) is 8.99. The molecule has 0 radical (unpaired) electrons. The molecule has 1 aliphatic heterocycles. The van der Waals surface area contributed by atoms with E-state index in [1.54, 1.807) is 16.4 Å². The van der Waals surface area contributed by atoms with Crippen LogP contribution in [0.4, 0.5) is 24.8 Å². The number of rotatable bonds is 8. The summed E-state index contributed by atoms with van der Waals surface area (Å²) in [5.41, 5.74) is 1.23. The fourth-order valence-electron chi connectivity index (χ4n) is 4.97. The number of aromatic nitrogens is 4. The van der Waals surface area contributed by atoms with Gasteiger partial charge in [0.2, 0.25) is 5.95 Å². The average Bonchev–Trinajstić information content (AvgIpc) is 3.36. The Balaban J connectivity index is 1.70. The van der Waals surface area contributed by atoms with Crippen LogP contribution in [0.1, 0.15) is 32.3 Å². The first-order chi connectivity index (χ1) is 20.0. The Morgan fingerprint density at radius 2 is 1.98 bits per heavy atom. The molecule has 1 fully saturated rings. The molecule has 1 atom stereocenters. The highest BCUT2D eigenvalue weighted by Crippen LogP contribution is 2.24. The van der Waals surface area contributed by atoms with Crippen LogP contribution in [0.3, 0.4) is 0 Å². The van der Waals surface area contributed by atoms with Crippen LogP contribution in [0.2, 0.25) is 0 Å². The Morgan fingerprint density at radius 3 is 2.67 bits per heavy atom. The van der Waals surface area contributed by atoms with Crippen LogP contribution in [0, 0.1) is 11.8 Å². The third-order valence-electron chi connectivity index (χ3n) is 7.06. The third kappa shape index (κ3) is 6.14. The highest BCUT2D eigenvalue weighted by molar-refractivity contribution is 6.03. The molecule has 1 aliphatic rings. The number of nitrogens with one attached hydrogen (secondary N) is 1. The molecular weight excluding hydrogens is 553 g/mol. The molecule has 1 N–H and O–H groups in total. The summed E-state index contributed by atoms with van der Waals surface area (Å²) in [5.74, 6) is 3.96. The van der Waals surface area contributed by atoms with Gasteiger partial charge in [-0.05, 0) is 39.5 Å². The molecule has 222 valence electrons. The molecule has 0 saturated carbocycles. The lowest BCUT2D eigenvalue weighted by Crippen LogP contribution is -2.51. The van der Waals surface area contributed by atoms with Crippen molar-refractivity contribution in [3.8, 4) is 11.8 Å². The van der Waals surface area contributed by atoms with Crippen LogP contribution in [-0.4, -0.2) is 68.9 Å². The maximum Gasteiger partial charge on any atom is 0.471 e. The monoisotopic (exact) mass is 584 g/mol. The fraction of sp³-hybridized carbons (Fsp3) is 0.429. The van der Waals surface area contributed by atoms with E-state index >= 15 is 0 Å². The zero-order valence-corrected chi connectivity index (χ0v) is 23.5. The molecule has 1 unspecified atom stereocenters. The number of halogens is 3. The first-order valence-electron chi connectivity index (χ1n) is 13.3. The predicted octanol–water partition coefficient (Wildman–Crippen LogP) is 2.41. The van der Waals surface area contributed by atoms with Gasteiger partial charge in [0.15, 0.2) is 11.2 Å². The molecule has 2 aromatic heterocycles. The third-order valence-corrected chi connectivity index (χ3v) is 7.06. The topological polar surface area (TPSA) is 119 Å². The van der Waals surface area contributed by atoms with Gasteiger partial charge in [0, 0.05) is 37.5 Å². The summed E-state index contributed by atoms with van der Waals surface area (Å²) in [5, 5.41) is 2.03. The average molecular weight is 585 g/mol. The van der Waals surface area contributed by atoms with Gasteiger partial charge in [-0.2, -0.15) is 18.2 Å². The van der Waals surface area contributed by atoms with Crippen molar-refractivity contribution in [3.05, 3.63) is 50.7 Å². The Morgan fingerprint density at radius 1 is 1.24 bits per heavy atom. The molecule has 1 aromatic carbocycles. The number of hydrogen-bond donors (Lipinski definition) is 1. The SMILES string of the molecule is C=Nc1ccccc1C(C)=NCCn1c(=O)c2c(nc(N3CCCC(NC(=O)C(F)(F)F)C3)n2CC#CC)n(C)c1=O. The van der Waals surface area contributed by atoms with Crippen molar-refractivity contribution in [1.29, 1.82) is 0 Å². The molecule has 0 aliphatic carbocycles. The number of amides is 1. The summed E-state index contributed by atoms with van der Waals surface area (Å²) in [6.07, 6.45) is -4.16. The van der Waals surface area contributed by atoms with Crippen LogP contribution in [-0.2, 0) is 24.9 Å². The van der Waals surface area contributed by atoms with Gasteiger partial charge in [-0.25, -0.2) is 4.79 Å². The number of anilines is 1. The van der Waals surface area contributed by atoms with Gasteiger partial charge in [-0.3, -0.25) is 33.3 Å². The zero-order valence-electron chi connectivity index (χ0n) is 23.5. The van der Waals surface area contributed by atoms with E-state index in [1.165, 1.54) is 11.6 Å². The van der Waals surface area contributed by atoms with E-state index in [0.29, 0.717) is 30.8 Å². The van der Waals surface area contributed by atoms with Crippen molar-refractivity contribution in [2.24, 2.45) is 17.0 Å². The smallest absolute Gasteiger partial charge is 0.344 e. The van der Waals surface area contributed by atoms with Crippen molar-refractivity contribution in [3.63, 3.8) is 0 Å². The maximum absolute atomic E-state index is 13.7. The zero-order chi connectivity index (χ0) is 30.6. The second-order valence-electron chi connectivity index (χ2n) is 9.79. The number of aliphatic imine (C=N–C) groups is 2. The summed E-state index contributed by atoms with van der Waals surface area (Å²) >= 11 is 0. The van der Waals surface area contributed by atoms with E-state index in [-0.39, 0.29) is 43.3 Å². The number of hydrogen-bond acceptors (Lipinski definition) is 7. The number of fused-ring (bicyclic) bond motifs is 1. The van der Waals surface area contributed by atoms with Gasteiger partial charge >= 0.3 is 17.8 Å². The van der Waals surface area contributed by atoms with Gasteiger partial charge in [0.25, 0.3) is 5.56 Å². The molecule has 42 heavy (non-hydrogen) atoms. The van der Waals surface area contributed by atoms with E-state index in [1.807, 2.05) is 36.5 Å². The van der Waals surface area contributed by atoms with E-state index in [0.717, 1.165) is 10.1 Å². The van der Waals surface area contributed by atoms with Gasteiger partial charge in [0.1, 0.15) is 0 Å². The van der Waals surface area contributed by atoms with Crippen molar-refractivity contribution < 1.29 is 18.0 Å². The Hall–Kier alpha value is -4.67. The second kappa shape index (κ2) is 12.5. The number of alkyl halides is 3. The number of imidazole rings is 1. The summed E-state index contributed by atoms with van der Waals surface area (Å²) in [6, 6.07) is 6.57. The standard InChI is InChI=1S/C28H31F3N8O3/c1-5-6-15-38-22-23(35-26(38)37-14-9-10-19(17-37)34-25(41)28(29,30)31)36(4)27(42)39(24(22)40)16-13-33-18(2)20-11-7-8-12-21(20)32-3/h7-8,11-12,19H,3,9-10,13-17H2,1-2,4H3,(H,34,41). The van der Waals surface area contributed by atoms with Crippen molar-refractivity contribution in [1.82, 2.24) is 24.0 Å². The number of nitrogens with zero attached hydrogens (tertiary/aromatic N) is 7. The second-order valence-corrected chi connectivity index (χ2v) is 9.79. The van der Waals surface area contributed by atoms with Gasteiger partial charge in [-0.1, -0.05) is 24.1 Å². The minimum Gasteiger partial charge on any atom is -0.344 e. The summed E-state index contributed by atoms with van der Waals surface area (Å²) in [7, 11) is 1.50. The van der Waals surface area contributed by atoms with E-state index in [9.17, 15) is 27.6 Å². The molecule has 4 rings (SSSR count). The normalized spacial score (nSPS) is 15.8. The first-order valence-corrected chi connectivity index (χ1v) is 13.3. The molecule has 3 aromatic rings. The molecule has 0 spiro atoms. The van der Waals surface area contributed by atoms with Gasteiger partial charge < -0.3 is 10.2 Å². The summed E-state index contributed by atoms with van der Waals surface area (Å²) < 4.78 is 42.4. The molecule has 14 heteroatoms. The number of piperidine rings is 1. The van der Waals surface area contributed by atoms with E-state index in [4.69, 9.17) is 0 Å². The molecular formula is C28H31F3N8O3. The maximum atomic E-state index is 13.7. The van der Waals surface area contributed by atoms with Gasteiger partial charge in [0.05, 0.1) is 25.3 Å². The van der Waals surface area contributed by atoms with Crippen LogP contribution < -0.4 is 21.5 Å². The first kappa shape index (κ1) is 30.3. The van der Waals surface area contributed by atoms with Crippen molar-refractivity contribution in [2.75, 3.05) is 24.5 Å². The summed E-state index contributed by atoms with van der Waals surface area (Å²) in [4.78, 5) is 53.3. The minimum absolute atomic E-state index is 0.00228. The molecule has 11 nitrogen and oxygen atoms in total. The number of benzene rings is 1. The number of aryl methyl sites for hydroxylation is 1. The number of carbonyl (C=O) groups is 1. The molecule has 3 heterocycles. The summed E-state index contributed by atoms with van der Waals surface area (Å²) in [6.45, 7) is 7.69. The van der Waals surface area contributed by atoms with Crippen LogP contribution in [0.25, 0.3) is 11.2 Å². The van der Waals surface area contributed by atoms with E-state index in [2.05, 4.69) is 33.5 Å². The highest BCUT2D eigenvalue weighted by Gasteiger charge is 2.40. The van der Waals surface area contributed by atoms with Crippen LogP contribution >= 0.6 is 0 Å². The highest BCUT2D eigenvalue weighted by atomic mass is 19.4. The largest absolute Gasteiger partial charge is 0.471 e. The number of para-hydroxylation sites is 1. The van der Waals surface area contributed by atoms with Crippen molar-refractivity contribution in [2.45, 2.75) is 52.0 Å². The Bertz CT molecular complexity index is 1720. The lowest BCUT2D eigenvalue weighted by molar-refractivity contribution is -0.174. The number of carbonyl (C=O) groups excluding carboxylic acids is 1. The lowest BCUT2D eigenvalue weighted by Gasteiger charge is -2.34. The van der Waals surface area contributed by atoms with Crippen molar-refractivity contribution >= 4 is 41.1 Å². The van der Waals surface area contributed by atoms with E-state index < -0.39 is 29.4 Å². The quantitative estimate of drug-likeness (QED) is 0.322. The fourth-order valence-corrected chi connectivity index (χ4v) is 4.97. The predicted molar refractivity (Wildman–Crippen MR) is 155 cm³/mol.